The van der Waals surface area contributed by atoms with Gasteiger partial charge in [0, 0.05) is 12.7 Å². The molecule has 82 valence electrons. The summed E-state index contributed by atoms with van der Waals surface area (Å²) >= 11 is 3.23. The number of halogens is 1. The van der Waals surface area contributed by atoms with Gasteiger partial charge in [0.15, 0.2) is 0 Å². The van der Waals surface area contributed by atoms with E-state index in [0.29, 0.717) is 18.0 Å². The molecule has 1 atom stereocenters. The van der Waals surface area contributed by atoms with Crippen molar-refractivity contribution in [3.63, 3.8) is 0 Å². The topological polar surface area (TPSA) is 42.0 Å². The van der Waals surface area contributed by atoms with E-state index in [0.717, 1.165) is 11.0 Å². The Bertz CT molecular complexity index is 324. The van der Waals surface area contributed by atoms with E-state index in [-0.39, 0.29) is 5.91 Å². The van der Waals surface area contributed by atoms with Crippen LogP contribution in [0, 0.1) is 5.92 Å². The van der Waals surface area contributed by atoms with E-state index in [1.807, 2.05) is 0 Å². The molecule has 0 aliphatic heterocycles. The molecule has 4 heteroatoms. The van der Waals surface area contributed by atoms with E-state index in [4.69, 9.17) is 0 Å². The summed E-state index contributed by atoms with van der Waals surface area (Å²) in [6.45, 7) is 4.93. The Morgan fingerprint density at radius 3 is 2.87 bits per heavy atom. The predicted octanol–water partition coefficient (Wildman–Crippen LogP) is 2.62. The molecule has 1 N–H and O–H groups in total. The Hall–Kier alpha value is -0.900. The number of carbonyl (C=O) groups is 1. The fourth-order valence-corrected chi connectivity index (χ4v) is 1.26. The summed E-state index contributed by atoms with van der Waals surface area (Å²) in [6.07, 6.45) is 2.63. The van der Waals surface area contributed by atoms with Gasteiger partial charge in [-0.3, -0.25) is 4.79 Å². The molecule has 0 aliphatic rings. The number of amides is 1. The van der Waals surface area contributed by atoms with E-state index in [9.17, 15) is 4.79 Å². The molecular formula is C11H15BrN2O. The first-order valence-corrected chi connectivity index (χ1v) is 5.82. The first-order valence-electron chi connectivity index (χ1n) is 5.03. The van der Waals surface area contributed by atoms with Crippen molar-refractivity contribution < 1.29 is 4.79 Å². The van der Waals surface area contributed by atoms with Gasteiger partial charge in [0.05, 0.1) is 5.56 Å². The van der Waals surface area contributed by atoms with Crippen molar-refractivity contribution in [1.29, 1.82) is 0 Å². The van der Waals surface area contributed by atoms with E-state index in [1.54, 1.807) is 18.3 Å². The van der Waals surface area contributed by atoms with Crippen LogP contribution < -0.4 is 5.32 Å². The highest BCUT2D eigenvalue weighted by Gasteiger charge is 2.06. The standard InChI is InChI=1S/C11H15BrN2O/c1-3-8(2)6-14-11(15)9-4-5-10(12)13-7-9/h4-5,7-8H,3,6H2,1-2H3,(H,14,15). The molecule has 0 radical (unpaired) electrons. The lowest BCUT2D eigenvalue weighted by Gasteiger charge is -2.09. The normalized spacial score (nSPS) is 12.2. The lowest BCUT2D eigenvalue weighted by Crippen LogP contribution is -2.28. The minimum atomic E-state index is -0.0599. The predicted molar refractivity (Wildman–Crippen MR) is 63.7 cm³/mol. The quantitative estimate of drug-likeness (QED) is 0.855. The first-order chi connectivity index (χ1) is 7.13. The maximum Gasteiger partial charge on any atom is 0.252 e. The molecule has 1 rings (SSSR count). The summed E-state index contributed by atoms with van der Waals surface area (Å²) in [7, 11) is 0. The van der Waals surface area contributed by atoms with E-state index >= 15 is 0 Å². The molecule has 0 bridgehead atoms. The Labute approximate surface area is 98.4 Å². The number of nitrogens with zero attached hydrogens (tertiary/aromatic N) is 1. The second-order valence-electron chi connectivity index (χ2n) is 3.59. The third kappa shape index (κ3) is 4.00. The molecule has 1 amide bonds. The van der Waals surface area contributed by atoms with Crippen LogP contribution in [0.5, 0.6) is 0 Å². The summed E-state index contributed by atoms with van der Waals surface area (Å²) in [5.41, 5.74) is 0.599. The minimum absolute atomic E-state index is 0.0599. The van der Waals surface area contributed by atoms with E-state index in [1.165, 1.54) is 0 Å². The first kappa shape index (κ1) is 12.2. The van der Waals surface area contributed by atoms with Gasteiger partial charge in [0.25, 0.3) is 5.91 Å². The maximum atomic E-state index is 11.6. The molecular weight excluding hydrogens is 256 g/mol. The summed E-state index contributed by atoms with van der Waals surface area (Å²) in [5.74, 6) is 0.452. The highest BCUT2D eigenvalue weighted by atomic mass is 79.9. The Balaban J connectivity index is 2.50. The van der Waals surface area contributed by atoms with Gasteiger partial charge in [-0.1, -0.05) is 20.3 Å². The van der Waals surface area contributed by atoms with Gasteiger partial charge >= 0.3 is 0 Å². The van der Waals surface area contributed by atoms with Crippen molar-refractivity contribution in [2.75, 3.05) is 6.54 Å². The molecule has 1 aromatic heterocycles. The Morgan fingerprint density at radius 2 is 2.33 bits per heavy atom. The van der Waals surface area contributed by atoms with Crippen molar-refractivity contribution in [2.45, 2.75) is 20.3 Å². The molecule has 0 saturated carbocycles. The second-order valence-corrected chi connectivity index (χ2v) is 4.41. The molecule has 0 spiro atoms. The molecule has 3 nitrogen and oxygen atoms in total. The van der Waals surface area contributed by atoms with Gasteiger partial charge in [-0.15, -0.1) is 0 Å². The summed E-state index contributed by atoms with van der Waals surface area (Å²) in [4.78, 5) is 15.6. The Morgan fingerprint density at radius 1 is 1.60 bits per heavy atom. The van der Waals surface area contributed by atoms with Gasteiger partial charge in [-0.2, -0.15) is 0 Å². The summed E-state index contributed by atoms with van der Waals surface area (Å²) in [6, 6.07) is 3.52. The third-order valence-corrected chi connectivity index (χ3v) is 2.77. The molecule has 0 fully saturated rings. The van der Waals surface area contributed by atoms with Crippen LogP contribution in [0.2, 0.25) is 0 Å². The Kier molecular flexibility index (Phi) is 4.75. The van der Waals surface area contributed by atoms with Gasteiger partial charge in [0.2, 0.25) is 0 Å². The van der Waals surface area contributed by atoms with Crippen molar-refractivity contribution in [3.8, 4) is 0 Å². The number of rotatable bonds is 4. The van der Waals surface area contributed by atoms with Gasteiger partial charge in [-0.25, -0.2) is 4.98 Å². The molecule has 0 saturated heterocycles. The maximum absolute atomic E-state index is 11.6. The van der Waals surface area contributed by atoms with Crippen LogP contribution in [-0.4, -0.2) is 17.4 Å². The van der Waals surface area contributed by atoms with Crippen LogP contribution in [0.4, 0.5) is 0 Å². The summed E-state index contributed by atoms with van der Waals surface area (Å²) in [5, 5.41) is 2.87. The van der Waals surface area contributed by atoms with Crippen LogP contribution in [0.1, 0.15) is 30.6 Å². The summed E-state index contributed by atoms with van der Waals surface area (Å²) < 4.78 is 0.737. The van der Waals surface area contributed by atoms with Crippen molar-refractivity contribution in [3.05, 3.63) is 28.5 Å². The molecule has 0 aromatic carbocycles. The number of aromatic nitrogens is 1. The zero-order chi connectivity index (χ0) is 11.3. The smallest absolute Gasteiger partial charge is 0.252 e. The highest BCUT2D eigenvalue weighted by Crippen LogP contribution is 2.06. The number of hydrogen-bond acceptors (Lipinski definition) is 2. The van der Waals surface area contributed by atoms with Crippen LogP contribution in [-0.2, 0) is 0 Å². The van der Waals surface area contributed by atoms with Crippen molar-refractivity contribution >= 4 is 21.8 Å². The second kappa shape index (κ2) is 5.85. The van der Waals surface area contributed by atoms with Gasteiger partial charge in [-0.05, 0) is 34.0 Å². The fraction of sp³-hybridized carbons (Fsp3) is 0.455. The zero-order valence-corrected chi connectivity index (χ0v) is 10.5. The number of pyridine rings is 1. The highest BCUT2D eigenvalue weighted by molar-refractivity contribution is 9.10. The van der Waals surface area contributed by atoms with Gasteiger partial charge < -0.3 is 5.32 Å². The monoisotopic (exact) mass is 270 g/mol. The van der Waals surface area contributed by atoms with Crippen LogP contribution >= 0.6 is 15.9 Å². The number of hydrogen-bond donors (Lipinski definition) is 1. The SMILES string of the molecule is CCC(C)CNC(=O)c1ccc(Br)nc1. The van der Waals surface area contributed by atoms with E-state index in [2.05, 4.69) is 40.1 Å². The number of nitrogens with one attached hydrogen (secondary N) is 1. The van der Waals surface area contributed by atoms with E-state index < -0.39 is 0 Å². The lowest BCUT2D eigenvalue weighted by molar-refractivity contribution is 0.0947. The molecule has 1 heterocycles. The average Bonchev–Trinajstić information content (AvgIpc) is 2.26. The van der Waals surface area contributed by atoms with Gasteiger partial charge in [0.1, 0.15) is 4.60 Å². The van der Waals surface area contributed by atoms with Crippen LogP contribution in [0.15, 0.2) is 22.9 Å². The van der Waals surface area contributed by atoms with Crippen LogP contribution in [0.25, 0.3) is 0 Å². The molecule has 1 unspecified atom stereocenters. The lowest BCUT2D eigenvalue weighted by atomic mass is 10.1. The largest absolute Gasteiger partial charge is 0.352 e. The zero-order valence-electron chi connectivity index (χ0n) is 8.96. The number of carbonyl (C=O) groups excluding carboxylic acids is 1. The molecule has 1 aromatic rings. The van der Waals surface area contributed by atoms with Crippen LogP contribution in [0.3, 0.4) is 0 Å². The average molecular weight is 271 g/mol. The molecule has 15 heavy (non-hydrogen) atoms. The molecule has 0 aliphatic carbocycles. The fourth-order valence-electron chi connectivity index (χ4n) is 1.02. The minimum Gasteiger partial charge on any atom is -0.352 e. The third-order valence-electron chi connectivity index (χ3n) is 2.30. The van der Waals surface area contributed by atoms with Crippen molar-refractivity contribution in [2.24, 2.45) is 5.92 Å². The van der Waals surface area contributed by atoms with Crippen molar-refractivity contribution in [1.82, 2.24) is 10.3 Å².